The minimum absolute atomic E-state index is 0.0601. The summed E-state index contributed by atoms with van der Waals surface area (Å²) in [4.78, 5) is 44.5. The van der Waals surface area contributed by atoms with Gasteiger partial charge in [-0.1, -0.05) is 43.2 Å². The Hall–Kier alpha value is -2.19. The van der Waals surface area contributed by atoms with Gasteiger partial charge in [0.1, 0.15) is 0 Å². The lowest BCUT2D eigenvalue weighted by Gasteiger charge is -2.22. The first-order valence-electron chi connectivity index (χ1n) is 11.5. The highest BCUT2D eigenvalue weighted by molar-refractivity contribution is 8.01. The van der Waals surface area contributed by atoms with Crippen LogP contribution in [0.15, 0.2) is 34.7 Å². The second-order valence-corrected chi connectivity index (χ2v) is 11.6. The van der Waals surface area contributed by atoms with E-state index in [9.17, 15) is 14.4 Å². The number of carbonyl (C=O) groups is 3. The molecule has 6 nitrogen and oxygen atoms in total. The van der Waals surface area contributed by atoms with Crippen molar-refractivity contribution in [2.45, 2.75) is 48.9 Å². The average Bonchev–Trinajstić information content (AvgIpc) is 3.55. The Labute approximate surface area is 194 Å². The molecule has 2 heterocycles. The van der Waals surface area contributed by atoms with Crippen LogP contribution in [-0.4, -0.2) is 34.5 Å². The number of aromatic nitrogens is 1. The second-order valence-electron chi connectivity index (χ2n) is 9.33. The Morgan fingerprint density at radius 2 is 1.81 bits per heavy atom. The highest BCUT2D eigenvalue weighted by atomic mass is 32.2. The van der Waals surface area contributed by atoms with Gasteiger partial charge < -0.3 is 5.32 Å². The summed E-state index contributed by atoms with van der Waals surface area (Å²) in [7, 11) is 0. The molecule has 0 spiro atoms. The Morgan fingerprint density at radius 1 is 1.09 bits per heavy atom. The van der Waals surface area contributed by atoms with Crippen molar-refractivity contribution in [1.82, 2.24) is 10.3 Å². The molecule has 4 aliphatic rings. The monoisotopic (exact) mass is 467 g/mol. The normalized spacial score (nSPS) is 29.3. The number of fused-ring (bicyclic) bond motifs is 6. The van der Waals surface area contributed by atoms with E-state index >= 15 is 0 Å². The third-order valence-corrected chi connectivity index (χ3v) is 9.54. The van der Waals surface area contributed by atoms with Gasteiger partial charge in [0.2, 0.25) is 17.7 Å². The van der Waals surface area contributed by atoms with Crippen molar-refractivity contribution in [2.24, 2.45) is 23.7 Å². The standard InChI is InChI=1S/C24H25N3O3S2/c28-19(25-15-4-2-1-3-5-15)12-31-24-26-17-9-8-16(11-18(17)32-24)27-22(29)20-13-6-7-14(10-13)21(20)23(27)30/h6-9,11,13-15,20-21H,1-5,10,12H2,(H,25,28)/t13-,14-,20-,21-/m0/s1. The van der Waals surface area contributed by atoms with Gasteiger partial charge in [0.25, 0.3) is 0 Å². The summed E-state index contributed by atoms with van der Waals surface area (Å²) in [5.74, 6) is 0.328. The molecule has 1 aromatic carbocycles. The van der Waals surface area contributed by atoms with E-state index in [0.29, 0.717) is 17.5 Å². The van der Waals surface area contributed by atoms with E-state index < -0.39 is 0 Å². The number of hydrogen-bond acceptors (Lipinski definition) is 6. The summed E-state index contributed by atoms with van der Waals surface area (Å²) in [6.45, 7) is 0. The maximum atomic E-state index is 13.1. The summed E-state index contributed by atoms with van der Waals surface area (Å²) in [5, 5.41) is 3.14. The predicted molar refractivity (Wildman–Crippen MR) is 126 cm³/mol. The molecule has 8 heteroatoms. The molecule has 2 bridgehead atoms. The van der Waals surface area contributed by atoms with E-state index in [1.165, 1.54) is 47.3 Å². The Balaban J connectivity index is 1.15. The van der Waals surface area contributed by atoms with Crippen molar-refractivity contribution in [3.05, 3.63) is 30.4 Å². The fourth-order valence-corrected chi connectivity index (χ4v) is 7.81. The van der Waals surface area contributed by atoms with E-state index in [0.717, 1.165) is 33.8 Å². The number of thioether (sulfide) groups is 1. The molecule has 3 aliphatic carbocycles. The van der Waals surface area contributed by atoms with E-state index in [-0.39, 0.29) is 41.4 Å². The molecule has 4 atom stereocenters. The number of amides is 3. The van der Waals surface area contributed by atoms with Gasteiger partial charge in [0.05, 0.1) is 33.5 Å². The van der Waals surface area contributed by atoms with Gasteiger partial charge in [0.15, 0.2) is 4.34 Å². The molecule has 32 heavy (non-hydrogen) atoms. The molecule has 166 valence electrons. The van der Waals surface area contributed by atoms with Crippen LogP contribution in [0, 0.1) is 23.7 Å². The molecular weight excluding hydrogens is 442 g/mol. The zero-order valence-electron chi connectivity index (χ0n) is 17.7. The van der Waals surface area contributed by atoms with Gasteiger partial charge in [-0.05, 0) is 49.3 Å². The van der Waals surface area contributed by atoms with E-state index in [1.54, 1.807) is 0 Å². The van der Waals surface area contributed by atoms with Crippen molar-refractivity contribution in [1.29, 1.82) is 0 Å². The zero-order chi connectivity index (χ0) is 21.8. The number of nitrogens with one attached hydrogen (secondary N) is 1. The molecule has 6 rings (SSSR count). The Kier molecular flexibility index (Phi) is 5.10. The predicted octanol–water partition coefficient (Wildman–Crippen LogP) is 4.15. The van der Waals surface area contributed by atoms with Crippen LogP contribution in [0.3, 0.4) is 0 Å². The van der Waals surface area contributed by atoms with Crippen LogP contribution in [0.25, 0.3) is 10.2 Å². The number of anilines is 1. The van der Waals surface area contributed by atoms with Crippen molar-refractivity contribution in [3.8, 4) is 0 Å². The van der Waals surface area contributed by atoms with Crippen LogP contribution in [0.5, 0.6) is 0 Å². The maximum Gasteiger partial charge on any atom is 0.238 e. The van der Waals surface area contributed by atoms with Crippen molar-refractivity contribution >= 4 is 56.7 Å². The molecule has 1 aliphatic heterocycles. The largest absolute Gasteiger partial charge is 0.353 e. The highest BCUT2D eigenvalue weighted by Crippen LogP contribution is 2.53. The topological polar surface area (TPSA) is 79.4 Å². The number of benzene rings is 1. The summed E-state index contributed by atoms with van der Waals surface area (Å²) in [6.07, 6.45) is 11.0. The van der Waals surface area contributed by atoms with E-state index in [2.05, 4.69) is 22.5 Å². The third-order valence-electron chi connectivity index (χ3n) is 7.38. The highest BCUT2D eigenvalue weighted by Gasteiger charge is 2.59. The van der Waals surface area contributed by atoms with Gasteiger partial charge in [-0.25, -0.2) is 9.88 Å². The molecule has 0 radical (unpaired) electrons. The molecule has 1 N–H and O–H groups in total. The maximum absolute atomic E-state index is 13.1. The molecule has 3 fully saturated rings. The Morgan fingerprint density at radius 3 is 2.53 bits per heavy atom. The zero-order valence-corrected chi connectivity index (χ0v) is 19.3. The SMILES string of the molecule is O=C(CSc1nc2ccc(N3C(=O)[C@@H]4[C@@H](C3=O)[C@H]3C=C[C@H]4C3)cc2s1)NC1CCCCC1. The summed E-state index contributed by atoms with van der Waals surface area (Å²) in [6, 6.07) is 5.90. The first-order chi connectivity index (χ1) is 15.6. The quantitative estimate of drug-likeness (QED) is 0.406. The lowest BCUT2D eigenvalue weighted by molar-refractivity contribution is -0.123. The van der Waals surface area contributed by atoms with Crippen molar-refractivity contribution < 1.29 is 14.4 Å². The van der Waals surface area contributed by atoms with Crippen LogP contribution in [0.4, 0.5) is 5.69 Å². The number of rotatable bonds is 5. The average molecular weight is 468 g/mol. The number of thiazole rings is 1. The number of carbonyl (C=O) groups excluding carboxylic acids is 3. The van der Waals surface area contributed by atoms with Crippen LogP contribution >= 0.6 is 23.1 Å². The molecular formula is C24H25N3O3S2. The molecule has 0 unspecified atom stereocenters. The van der Waals surface area contributed by atoms with Crippen LogP contribution in [-0.2, 0) is 14.4 Å². The fourth-order valence-electron chi connectivity index (χ4n) is 5.89. The van der Waals surface area contributed by atoms with Crippen LogP contribution < -0.4 is 10.2 Å². The lowest BCUT2D eigenvalue weighted by atomic mass is 9.85. The van der Waals surface area contributed by atoms with Crippen molar-refractivity contribution in [2.75, 3.05) is 10.7 Å². The Bertz CT molecular complexity index is 1110. The number of allylic oxidation sites excluding steroid dienone is 2. The van der Waals surface area contributed by atoms with Gasteiger partial charge in [-0.3, -0.25) is 14.4 Å². The number of hydrogen-bond donors (Lipinski definition) is 1. The molecule has 2 aromatic rings. The summed E-state index contributed by atoms with van der Waals surface area (Å²) >= 11 is 2.95. The third kappa shape index (κ3) is 3.39. The van der Waals surface area contributed by atoms with Gasteiger partial charge in [0, 0.05) is 6.04 Å². The molecule has 1 saturated heterocycles. The molecule has 2 saturated carbocycles. The fraction of sp³-hybridized carbons (Fsp3) is 0.500. The molecule has 3 amide bonds. The first-order valence-corrected chi connectivity index (χ1v) is 13.3. The number of imide groups is 1. The smallest absolute Gasteiger partial charge is 0.238 e. The second kappa shape index (κ2) is 7.99. The van der Waals surface area contributed by atoms with Gasteiger partial charge in [-0.15, -0.1) is 11.3 Å². The van der Waals surface area contributed by atoms with Crippen molar-refractivity contribution in [3.63, 3.8) is 0 Å². The first kappa shape index (κ1) is 20.4. The minimum Gasteiger partial charge on any atom is -0.353 e. The van der Waals surface area contributed by atoms with Gasteiger partial charge >= 0.3 is 0 Å². The minimum atomic E-state index is -0.191. The summed E-state index contributed by atoms with van der Waals surface area (Å²) in [5.41, 5.74) is 1.46. The van der Waals surface area contributed by atoms with Crippen LogP contribution in [0.1, 0.15) is 38.5 Å². The molecule has 1 aromatic heterocycles. The van der Waals surface area contributed by atoms with Gasteiger partial charge in [-0.2, -0.15) is 0 Å². The summed E-state index contributed by atoms with van der Waals surface area (Å²) < 4.78 is 1.76. The van der Waals surface area contributed by atoms with E-state index in [4.69, 9.17) is 0 Å². The lowest BCUT2D eigenvalue weighted by Crippen LogP contribution is -2.37. The number of nitrogens with zero attached hydrogens (tertiary/aromatic N) is 2. The van der Waals surface area contributed by atoms with Crippen LogP contribution in [0.2, 0.25) is 0 Å². The van der Waals surface area contributed by atoms with E-state index in [1.807, 2.05) is 18.2 Å².